The number of carbonyl (C=O) groups excluding carboxylic acids is 1. The molecule has 13 heavy (non-hydrogen) atoms. The smallest absolute Gasteiger partial charge is 0.210 e. The Kier molecular flexibility index (Phi) is 1.72. The molecule has 1 heterocycles. The van der Waals surface area contributed by atoms with Gasteiger partial charge >= 0.3 is 0 Å². The maximum absolute atomic E-state index is 10.5. The molecule has 0 saturated heterocycles. The van der Waals surface area contributed by atoms with E-state index in [1.54, 1.807) is 4.90 Å². The number of fused-ring (bicyclic) bond motifs is 1. The quantitative estimate of drug-likeness (QED) is 0.513. The Morgan fingerprint density at radius 1 is 1.38 bits per heavy atom. The monoisotopic (exact) mass is 176 g/mol. The maximum atomic E-state index is 10.5. The van der Waals surface area contributed by atoms with E-state index in [0.29, 0.717) is 6.54 Å². The van der Waals surface area contributed by atoms with Crippen molar-refractivity contribution in [1.82, 2.24) is 4.90 Å². The van der Waals surface area contributed by atoms with Crippen molar-refractivity contribution in [3.63, 3.8) is 0 Å². The molecule has 1 aromatic carbocycles. The Morgan fingerprint density at radius 2 is 2.00 bits per heavy atom. The highest BCUT2D eigenvalue weighted by Crippen LogP contribution is 2.25. The molecule has 0 bridgehead atoms. The molecule has 1 aliphatic rings. The summed E-state index contributed by atoms with van der Waals surface area (Å²) in [6.07, 6.45) is 0.880. The van der Waals surface area contributed by atoms with Crippen molar-refractivity contribution in [2.24, 2.45) is 0 Å². The molecule has 0 aromatic heterocycles. The summed E-state index contributed by atoms with van der Waals surface area (Å²) in [5.74, 6) is 0. The summed E-state index contributed by atoms with van der Waals surface area (Å²) < 4.78 is 0. The molecule has 0 aliphatic carbocycles. The second kappa shape index (κ2) is 2.76. The van der Waals surface area contributed by atoms with Crippen molar-refractivity contribution in [2.75, 3.05) is 5.73 Å². The zero-order chi connectivity index (χ0) is 9.42. The van der Waals surface area contributed by atoms with Gasteiger partial charge in [0.2, 0.25) is 6.41 Å². The number of nitrogen functional groups attached to an aromatic ring is 1. The number of nitrogens with zero attached hydrogens (tertiary/aromatic N) is 1. The van der Waals surface area contributed by atoms with Crippen molar-refractivity contribution in [3.8, 4) is 0 Å². The number of nitrogens with two attached hydrogens (primary N) is 1. The molecule has 1 amide bonds. The molecular weight excluding hydrogens is 164 g/mol. The third-order valence-corrected chi connectivity index (χ3v) is 2.48. The van der Waals surface area contributed by atoms with E-state index in [2.05, 4.69) is 6.07 Å². The highest BCUT2D eigenvalue weighted by molar-refractivity contribution is 5.56. The highest BCUT2D eigenvalue weighted by atomic mass is 16.1. The number of aryl methyl sites for hydroxylation is 1. The predicted molar refractivity (Wildman–Crippen MR) is 50.9 cm³/mol. The van der Waals surface area contributed by atoms with E-state index in [1.807, 2.05) is 13.0 Å². The Labute approximate surface area is 77.1 Å². The Balaban J connectivity index is 2.41. The van der Waals surface area contributed by atoms with Gasteiger partial charge in [-0.25, -0.2) is 0 Å². The van der Waals surface area contributed by atoms with E-state index in [9.17, 15) is 4.79 Å². The molecule has 0 saturated carbocycles. The van der Waals surface area contributed by atoms with E-state index >= 15 is 0 Å². The number of hydrogen-bond donors (Lipinski definition) is 1. The first-order valence-corrected chi connectivity index (χ1v) is 4.28. The van der Waals surface area contributed by atoms with Crippen molar-refractivity contribution < 1.29 is 4.79 Å². The SMILES string of the molecule is Cc1cc2c(cc1N)CN(C=O)C2. The number of benzene rings is 1. The molecule has 0 spiro atoms. The van der Waals surface area contributed by atoms with Gasteiger partial charge in [-0.2, -0.15) is 0 Å². The highest BCUT2D eigenvalue weighted by Gasteiger charge is 2.17. The second-order valence-corrected chi connectivity index (χ2v) is 3.49. The Morgan fingerprint density at radius 3 is 2.62 bits per heavy atom. The van der Waals surface area contributed by atoms with Crippen LogP contribution in [0.3, 0.4) is 0 Å². The fraction of sp³-hybridized carbons (Fsp3) is 0.300. The van der Waals surface area contributed by atoms with E-state index in [-0.39, 0.29) is 0 Å². The normalized spacial score (nSPS) is 14.4. The van der Waals surface area contributed by atoms with Gasteiger partial charge in [-0.3, -0.25) is 4.79 Å². The van der Waals surface area contributed by atoms with Gasteiger partial charge in [-0.05, 0) is 29.7 Å². The van der Waals surface area contributed by atoms with E-state index in [0.717, 1.165) is 24.2 Å². The van der Waals surface area contributed by atoms with Crippen molar-refractivity contribution >= 4 is 12.1 Å². The average molecular weight is 176 g/mol. The zero-order valence-electron chi connectivity index (χ0n) is 7.58. The third kappa shape index (κ3) is 1.26. The van der Waals surface area contributed by atoms with Crippen molar-refractivity contribution in [1.29, 1.82) is 0 Å². The first-order chi connectivity index (χ1) is 6.20. The fourth-order valence-corrected chi connectivity index (χ4v) is 1.69. The number of carbonyl (C=O) groups is 1. The van der Waals surface area contributed by atoms with Gasteiger partial charge in [-0.15, -0.1) is 0 Å². The Bertz CT molecular complexity index is 329. The standard InChI is InChI=1S/C10H12N2O/c1-7-2-8-4-12(6-13)5-9(8)3-10(7)11/h2-3,6H,4-5,11H2,1H3. The van der Waals surface area contributed by atoms with Gasteiger partial charge in [0, 0.05) is 18.8 Å². The van der Waals surface area contributed by atoms with Gasteiger partial charge in [0.15, 0.2) is 0 Å². The second-order valence-electron chi connectivity index (χ2n) is 3.49. The summed E-state index contributed by atoms with van der Waals surface area (Å²) in [6, 6.07) is 4.03. The van der Waals surface area contributed by atoms with Crippen molar-refractivity contribution in [2.45, 2.75) is 20.0 Å². The van der Waals surface area contributed by atoms with E-state index < -0.39 is 0 Å². The molecule has 68 valence electrons. The molecule has 2 N–H and O–H groups in total. The van der Waals surface area contributed by atoms with Crippen LogP contribution in [0.15, 0.2) is 12.1 Å². The van der Waals surface area contributed by atoms with Gasteiger partial charge in [0.05, 0.1) is 0 Å². The molecular formula is C10H12N2O. The first-order valence-electron chi connectivity index (χ1n) is 4.28. The number of rotatable bonds is 1. The van der Waals surface area contributed by atoms with Gasteiger partial charge < -0.3 is 10.6 Å². The lowest BCUT2D eigenvalue weighted by atomic mass is 10.1. The molecule has 0 unspecified atom stereocenters. The van der Waals surface area contributed by atoms with Crippen LogP contribution in [0.1, 0.15) is 16.7 Å². The van der Waals surface area contributed by atoms with Crippen LogP contribution in [0.2, 0.25) is 0 Å². The molecule has 0 atom stereocenters. The maximum Gasteiger partial charge on any atom is 0.210 e. The minimum Gasteiger partial charge on any atom is -0.399 e. The number of hydrogen-bond acceptors (Lipinski definition) is 2. The van der Waals surface area contributed by atoms with E-state index in [4.69, 9.17) is 5.73 Å². The lowest BCUT2D eigenvalue weighted by molar-refractivity contribution is -0.118. The van der Waals surface area contributed by atoms with Gasteiger partial charge in [-0.1, -0.05) is 6.07 Å². The summed E-state index contributed by atoms with van der Waals surface area (Å²) in [5, 5.41) is 0. The summed E-state index contributed by atoms with van der Waals surface area (Å²) >= 11 is 0. The summed E-state index contributed by atoms with van der Waals surface area (Å²) in [4.78, 5) is 12.3. The van der Waals surface area contributed by atoms with Gasteiger partial charge in [0.1, 0.15) is 0 Å². The lowest BCUT2D eigenvalue weighted by Crippen LogP contribution is -2.12. The topological polar surface area (TPSA) is 46.3 Å². The zero-order valence-corrected chi connectivity index (χ0v) is 7.58. The number of amides is 1. The third-order valence-electron chi connectivity index (χ3n) is 2.48. The average Bonchev–Trinajstić information content (AvgIpc) is 2.48. The van der Waals surface area contributed by atoms with E-state index in [1.165, 1.54) is 11.1 Å². The molecule has 3 heteroatoms. The van der Waals surface area contributed by atoms with Crippen LogP contribution in [-0.2, 0) is 17.9 Å². The minimum atomic E-state index is 0.698. The molecule has 1 aromatic rings. The van der Waals surface area contributed by atoms with Crippen LogP contribution in [-0.4, -0.2) is 11.3 Å². The number of anilines is 1. The minimum absolute atomic E-state index is 0.698. The largest absolute Gasteiger partial charge is 0.399 e. The fourth-order valence-electron chi connectivity index (χ4n) is 1.69. The van der Waals surface area contributed by atoms with Crippen LogP contribution >= 0.6 is 0 Å². The summed E-state index contributed by atoms with van der Waals surface area (Å²) in [7, 11) is 0. The molecule has 0 radical (unpaired) electrons. The molecule has 0 fully saturated rings. The summed E-state index contributed by atoms with van der Waals surface area (Å²) in [5.41, 5.74) is 10.1. The Hall–Kier alpha value is -1.51. The first kappa shape index (κ1) is 8.10. The van der Waals surface area contributed by atoms with Crippen LogP contribution in [0.4, 0.5) is 5.69 Å². The molecule has 3 nitrogen and oxygen atoms in total. The predicted octanol–water partition coefficient (Wildman–Crippen LogP) is 1.05. The van der Waals surface area contributed by atoms with Crippen LogP contribution in [0.25, 0.3) is 0 Å². The van der Waals surface area contributed by atoms with Crippen LogP contribution in [0.5, 0.6) is 0 Å². The van der Waals surface area contributed by atoms with Crippen LogP contribution < -0.4 is 5.73 Å². The van der Waals surface area contributed by atoms with Gasteiger partial charge in [0.25, 0.3) is 0 Å². The van der Waals surface area contributed by atoms with Crippen molar-refractivity contribution in [3.05, 3.63) is 28.8 Å². The van der Waals surface area contributed by atoms with Crippen LogP contribution in [0, 0.1) is 6.92 Å². The molecule has 1 aliphatic heterocycles. The lowest BCUT2D eigenvalue weighted by Gasteiger charge is -2.04. The molecule has 2 rings (SSSR count). The summed E-state index contributed by atoms with van der Waals surface area (Å²) in [6.45, 7) is 3.41.